The number of aromatic nitrogens is 4. The van der Waals surface area contributed by atoms with Crippen molar-refractivity contribution in [2.75, 3.05) is 5.73 Å². The van der Waals surface area contributed by atoms with Crippen LogP contribution >= 0.6 is 11.6 Å². The van der Waals surface area contributed by atoms with Crippen molar-refractivity contribution < 1.29 is 9.50 Å². The largest absolute Gasteiger partial charge is 0.384 e. The van der Waals surface area contributed by atoms with Crippen LogP contribution in [0.4, 0.5) is 10.2 Å². The van der Waals surface area contributed by atoms with E-state index in [1.807, 2.05) is 18.2 Å². The summed E-state index contributed by atoms with van der Waals surface area (Å²) in [6.45, 7) is 3.52. The van der Waals surface area contributed by atoms with E-state index < -0.39 is 5.60 Å². The lowest BCUT2D eigenvalue weighted by molar-refractivity contribution is 0.0736. The Bertz CT molecular complexity index is 1800. The maximum atomic E-state index is 13.7. The smallest absolute Gasteiger partial charge is 0.152 e. The Balaban J connectivity index is 1.58. The summed E-state index contributed by atoms with van der Waals surface area (Å²) in [7, 11) is 0. The van der Waals surface area contributed by atoms with Crippen molar-refractivity contribution in [2.24, 2.45) is 15.9 Å². The Morgan fingerprint density at radius 1 is 1.00 bits per heavy atom. The van der Waals surface area contributed by atoms with Crippen molar-refractivity contribution in [3.8, 4) is 22.5 Å². The Hall–Kier alpha value is -4.80. The molecular formula is C30H26ClFN8O. The molecular weight excluding hydrogens is 543 g/mol. The first-order valence-electron chi connectivity index (χ1n) is 12.6. The van der Waals surface area contributed by atoms with Crippen LogP contribution in [0.1, 0.15) is 30.9 Å². The lowest BCUT2D eigenvalue weighted by Gasteiger charge is -2.16. The molecule has 0 radical (unpaired) electrons. The first-order chi connectivity index (χ1) is 19.6. The summed E-state index contributed by atoms with van der Waals surface area (Å²) in [6, 6.07) is 18.5. The van der Waals surface area contributed by atoms with E-state index in [-0.39, 0.29) is 29.6 Å². The second kappa shape index (κ2) is 11.4. The van der Waals surface area contributed by atoms with E-state index in [1.54, 1.807) is 56.4 Å². The standard InChI is InChI=1S/C30H26ClFN8O/c1-30(2,41)24-7-3-6-21(37-24)15-35-16-23(40-34)28-29(33)39-26(17-8-10-20(32)11-9-17)27(38-28)19-13-18-5-4-12-36-25(18)22(31)14-19/h3-14,16,41H,15,34H2,1-2H3,(H2,33,39)/b35-16?,40-23+. The SMILES string of the molecule is CC(C)(O)c1cccc(CN=C/C(=N\N)c2nc(-c3cc(Cl)c4ncccc4c3)c(-c3ccc(F)cc3)nc2N)n1. The molecule has 0 aliphatic heterocycles. The molecule has 11 heteroatoms. The van der Waals surface area contributed by atoms with E-state index in [1.165, 1.54) is 18.3 Å². The number of aliphatic imine (C=N–C) groups is 1. The Kier molecular flexibility index (Phi) is 7.69. The highest BCUT2D eigenvalue weighted by Crippen LogP contribution is 2.35. The number of hydrazone groups is 1. The molecule has 0 amide bonds. The van der Waals surface area contributed by atoms with Gasteiger partial charge in [-0.05, 0) is 68.4 Å². The predicted octanol–water partition coefficient (Wildman–Crippen LogP) is 5.29. The number of nitrogen functional groups attached to an aromatic ring is 1. The molecule has 0 bridgehead atoms. The molecule has 3 aromatic heterocycles. The number of benzene rings is 2. The van der Waals surface area contributed by atoms with Crippen LogP contribution in [-0.2, 0) is 12.1 Å². The van der Waals surface area contributed by atoms with E-state index in [4.69, 9.17) is 28.2 Å². The summed E-state index contributed by atoms with van der Waals surface area (Å²) in [6.07, 6.45) is 3.11. The van der Waals surface area contributed by atoms with Crippen LogP contribution < -0.4 is 11.6 Å². The molecule has 0 aliphatic carbocycles. The molecule has 0 fully saturated rings. The number of rotatable bonds is 7. The van der Waals surface area contributed by atoms with Gasteiger partial charge in [0.1, 0.15) is 22.8 Å². The maximum absolute atomic E-state index is 13.7. The van der Waals surface area contributed by atoms with Crippen LogP contribution in [0.2, 0.25) is 5.02 Å². The van der Waals surface area contributed by atoms with Gasteiger partial charge in [-0.2, -0.15) is 5.10 Å². The molecule has 5 rings (SSSR count). The minimum Gasteiger partial charge on any atom is -0.384 e. The Labute approximate surface area is 240 Å². The highest BCUT2D eigenvalue weighted by Gasteiger charge is 2.20. The first-order valence-corrected chi connectivity index (χ1v) is 13.0. The van der Waals surface area contributed by atoms with Crippen molar-refractivity contribution in [1.82, 2.24) is 19.9 Å². The highest BCUT2D eigenvalue weighted by atomic mass is 35.5. The zero-order valence-electron chi connectivity index (χ0n) is 22.3. The molecule has 0 atom stereocenters. The average molecular weight is 569 g/mol. The van der Waals surface area contributed by atoms with Gasteiger partial charge in [0.2, 0.25) is 0 Å². The monoisotopic (exact) mass is 568 g/mol. The number of aliphatic hydroxyl groups is 1. The average Bonchev–Trinajstić information content (AvgIpc) is 2.96. The number of fused-ring (bicyclic) bond motifs is 1. The molecule has 0 saturated heterocycles. The molecule has 0 unspecified atom stereocenters. The van der Waals surface area contributed by atoms with Crippen molar-refractivity contribution >= 4 is 40.2 Å². The van der Waals surface area contributed by atoms with E-state index in [2.05, 4.69) is 25.0 Å². The lowest BCUT2D eigenvalue weighted by atomic mass is 10.0. The van der Waals surface area contributed by atoms with Crippen LogP contribution in [0.5, 0.6) is 0 Å². The van der Waals surface area contributed by atoms with Gasteiger partial charge in [0.05, 0.1) is 46.1 Å². The number of pyridine rings is 2. The number of halogens is 2. The van der Waals surface area contributed by atoms with Gasteiger partial charge in [-0.15, -0.1) is 0 Å². The Morgan fingerprint density at radius 3 is 2.49 bits per heavy atom. The summed E-state index contributed by atoms with van der Waals surface area (Å²) in [5, 5.41) is 15.4. The Morgan fingerprint density at radius 2 is 1.76 bits per heavy atom. The second-order valence-corrected chi connectivity index (χ2v) is 10.2. The van der Waals surface area contributed by atoms with Gasteiger partial charge in [0.25, 0.3) is 0 Å². The molecule has 5 aromatic rings. The fourth-order valence-corrected chi connectivity index (χ4v) is 4.50. The fourth-order valence-electron chi connectivity index (χ4n) is 4.22. The van der Waals surface area contributed by atoms with E-state index in [0.29, 0.717) is 44.4 Å². The van der Waals surface area contributed by atoms with Crippen molar-refractivity contribution in [1.29, 1.82) is 0 Å². The predicted molar refractivity (Wildman–Crippen MR) is 160 cm³/mol. The molecule has 3 heterocycles. The molecule has 0 spiro atoms. The first kappa shape index (κ1) is 27.8. The third kappa shape index (κ3) is 6.03. The van der Waals surface area contributed by atoms with E-state index in [9.17, 15) is 9.50 Å². The summed E-state index contributed by atoms with van der Waals surface area (Å²) >= 11 is 6.59. The van der Waals surface area contributed by atoms with Crippen LogP contribution in [0.3, 0.4) is 0 Å². The molecule has 0 aliphatic rings. The van der Waals surface area contributed by atoms with Crippen LogP contribution in [0.25, 0.3) is 33.4 Å². The third-order valence-corrected chi connectivity index (χ3v) is 6.54. The molecule has 41 heavy (non-hydrogen) atoms. The summed E-state index contributed by atoms with van der Waals surface area (Å²) in [5.74, 6) is 5.41. The maximum Gasteiger partial charge on any atom is 0.152 e. The summed E-state index contributed by atoms with van der Waals surface area (Å²) in [5.41, 5.74) is 9.58. The molecule has 5 N–H and O–H groups in total. The van der Waals surface area contributed by atoms with Gasteiger partial charge in [0, 0.05) is 22.7 Å². The number of hydrogen-bond donors (Lipinski definition) is 3. The normalized spacial score (nSPS) is 12.4. The van der Waals surface area contributed by atoms with E-state index >= 15 is 0 Å². The van der Waals surface area contributed by atoms with Crippen molar-refractivity contribution in [3.63, 3.8) is 0 Å². The van der Waals surface area contributed by atoms with Crippen molar-refractivity contribution in [3.05, 3.63) is 101 Å². The molecule has 206 valence electrons. The third-order valence-electron chi connectivity index (χ3n) is 6.25. The van der Waals surface area contributed by atoms with Crippen LogP contribution in [-0.4, -0.2) is 37.0 Å². The molecule has 9 nitrogen and oxygen atoms in total. The number of nitrogens with zero attached hydrogens (tertiary/aromatic N) is 6. The number of hydrogen-bond acceptors (Lipinski definition) is 9. The van der Waals surface area contributed by atoms with Gasteiger partial charge in [0.15, 0.2) is 5.82 Å². The van der Waals surface area contributed by atoms with Crippen LogP contribution in [0.15, 0.2) is 83.0 Å². The second-order valence-electron chi connectivity index (χ2n) is 9.75. The summed E-state index contributed by atoms with van der Waals surface area (Å²) < 4.78 is 13.7. The zero-order chi connectivity index (χ0) is 29.1. The quantitative estimate of drug-likeness (QED) is 0.137. The van der Waals surface area contributed by atoms with Gasteiger partial charge >= 0.3 is 0 Å². The van der Waals surface area contributed by atoms with E-state index in [0.717, 1.165) is 5.39 Å². The fraction of sp³-hybridized carbons (Fsp3) is 0.133. The summed E-state index contributed by atoms with van der Waals surface area (Å²) in [4.78, 5) is 22.7. The highest BCUT2D eigenvalue weighted by molar-refractivity contribution is 6.38. The minimum atomic E-state index is -1.09. The number of nitrogens with two attached hydrogens (primary N) is 2. The van der Waals surface area contributed by atoms with Gasteiger partial charge in [-0.25, -0.2) is 14.4 Å². The van der Waals surface area contributed by atoms with Crippen molar-refractivity contribution in [2.45, 2.75) is 26.0 Å². The van der Waals surface area contributed by atoms with Gasteiger partial charge in [-0.1, -0.05) is 23.7 Å². The van der Waals surface area contributed by atoms with Gasteiger partial charge < -0.3 is 16.7 Å². The minimum absolute atomic E-state index is 0.0550. The molecule has 0 saturated carbocycles. The lowest BCUT2D eigenvalue weighted by Crippen LogP contribution is -2.18. The zero-order valence-corrected chi connectivity index (χ0v) is 23.0. The number of anilines is 1. The van der Waals surface area contributed by atoms with Crippen LogP contribution in [0, 0.1) is 5.82 Å². The van der Waals surface area contributed by atoms with Gasteiger partial charge in [-0.3, -0.25) is 15.0 Å². The topological polar surface area (TPSA) is 149 Å². The molecule has 2 aromatic carbocycles.